The minimum atomic E-state index is -0.473. The number of benzene rings is 3. The van der Waals surface area contributed by atoms with Crippen LogP contribution in [0.4, 0.5) is 31.4 Å². The molecule has 0 heterocycles. The van der Waals surface area contributed by atoms with E-state index in [0.29, 0.717) is 47.3 Å². The second-order valence-corrected chi connectivity index (χ2v) is 12.0. The first kappa shape index (κ1) is 43.7. The van der Waals surface area contributed by atoms with Crippen LogP contribution in [0.5, 0.6) is 0 Å². The van der Waals surface area contributed by atoms with E-state index in [0.717, 1.165) is 16.7 Å². The molecule has 0 saturated carbocycles. The Morgan fingerprint density at radius 1 is 0.456 bits per heavy atom. The third-order valence-electron chi connectivity index (χ3n) is 7.52. The molecular formula is C35H49N19O3. The van der Waals surface area contributed by atoms with Gasteiger partial charge >= 0.3 is 18.1 Å². The third-order valence-corrected chi connectivity index (χ3v) is 7.52. The van der Waals surface area contributed by atoms with Gasteiger partial charge in [-0.3, -0.25) is 4.90 Å². The highest BCUT2D eigenvalue weighted by Crippen LogP contribution is 2.13. The van der Waals surface area contributed by atoms with Gasteiger partial charge < -0.3 is 66.3 Å². The normalized spacial score (nSPS) is 11.5. The zero-order valence-corrected chi connectivity index (χ0v) is 31.8. The standard InChI is InChI=1S/C35H49N19O3/c1-21(48-51-30(36)37)24-4-10-27(11-5-24)45-33(55)42-16-18-54(20-44-35(57)47-29-14-8-26(9-15-29)23(3)50-53-32(40)41)19-17-43-34(56)46-28-12-6-25(7-13-28)22(2)49-52-31(38)39/h4-15H,16-20H2,1-3H3,(H4,36,37,51)(H4,38,39,52)(H4,40,41,53)(H2,42,45,55)(H2,43,46,56)(H2,44,47,57)/b48-21+,49-22+,50-23+. The zero-order chi connectivity index (χ0) is 41.7. The van der Waals surface area contributed by atoms with Crippen LogP contribution in [0.25, 0.3) is 0 Å². The lowest BCUT2D eigenvalue weighted by Gasteiger charge is -2.23. The number of carbonyl (C=O) groups is 3. The molecule has 6 amide bonds. The Kier molecular flexibility index (Phi) is 17.2. The molecule has 0 atom stereocenters. The van der Waals surface area contributed by atoms with E-state index in [1.165, 1.54) is 0 Å². The molecule has 0 radical (unpaired) electrons. The summed E-state index contributed by atoms with van der Waals surface area (Å²) < 4.78 is 0. The molecule has 0 aliphatic carbocycles. The number of nitrogens with zero attached hydrogens (tertiary/aromatic N) is 7. The van der Waals surface area contributed by atoms with Crippen molar-refractivity contribution in [3.63, 3.8) is 0 Å². The molecule has 0 bridgehead atoms. The van der Waals surface area contributed by atoms with E-state index >= 15 is 0 Å². The average molecular weight is 784 g/mol. The van der Waals surface area contributed by atoms with Crippen LogP contribution in [0, 0.1) is 0 Å². The van der Waals surface area contributed by atoms with Crippen LogP contribution in [0.2, 0.25) is 0 Å². The van der Waals surface area contributed by atoms with E-state index in [1.807, 2.05) is 4.90 Å². The third kappa shape index (κ3) is 16.9. The summed E-state index contributed by atoms with van der Waals surface area (Å²) in [5.74, 6) is -0.472. The lowest BCUT2D eigenvalue weighted by atomic mass is 10.1. The minimum absolute atomic E-state index is 0.0885. The molecule has 57 heavy (non-hydrogen) atoms. The number of guanidine groups is 3. The van der Waals surface area contributed by atoms with Gasteiger partial charge in [0.2, 0.25) is 17.9 Å². The summed E-state index contributed by atoms with van der Waals surface area (Å²) in [7, 11) is 0. The molecule has 0 unspecified atom stereocenters. The number of amides is 6. The van der Waals surface area contributed by atoms with Gasteiger partial charge in [-0.1, -0.05) is 36.4 Å². The van der Waals surface area contributed by atoms with Gasteiger partial charge in [-0.05, 0) is 73.9 Å². The van der Waals surface area contributed by atoms with Gasteiger partial charge in [-0.25, -0.2) is 14.4 Å². The number of nitrogens with two attached hydrogens (primary N) is 6. The molecule has 0 saturated heterocycles. The summed E-state index contributed by atoms with van der Waals surface area (Å²) in [5, 5.41) is 39.4. The highest BCUT2D eigenvalue weighted by Gasteiger charge is 2.11. The fourth-order valence-electron chi connectivity index (χ4n) is 4.59. The quantitative estimate of drug-likeness (QED) is 0.0393. The molecule has 18 N–H and O–H groups in total. The number of nitrogens with one attached hydrogen (secondary N) is 6. The van der Waals surface area contributed by atoms with E-state index in [4.69, 9.17) is 34.4 Å². The van der Waals surface area contributed by atoms with Crippen LogP contribution in [0.15, 0.2) is 103 Å². The molecule has 22 heteroatoms. The number of anilines is 3. The molecule has 0 aliphatic heterocycles. The molecular weight excluding hydrogens is 735 g/mol. The molecule has 0 fully saturated rings. The topological polar surface area (TPSA) is 357 Å². The predicted octanol–water partition coefficient (Wildman–Crippen LogP) is 0.703. The van der Waals surface area contributed by atoms with Crippen molar-refractivity contribution in [2.75, 3.05) is 48.8 Å². The summed E-state index contributed by atoms with van der Waals surface area (Å²) in [4.78, 5) is 40.0. The second kappa shape index (κ2) is 22.5. The number of hydrogen-bond donors (Lipinski definition) is 12. The fourth-order valence-corrected chi connectivity index (χ4v) is 4.59. The Hall–Kier alpha value is -7.75. The Bertz CT molecular complexity index is 1900. The summed E-state index contributed by atoms with van der Waals surface area (Å²) in [6.45, 7) is 6.39. The van der Waals surface area contributed by atoms with E-state index in [9.17, 15) is 14.4 Å². The largest absolute Gasteiger partial charge is 0.369 e. The molecule has 3 aromatic carbocycles. The van der Waals surface area contributed by atoms with Crippen molar-refractivity contribution < 1.29 is 14.4 Å². The van der Waals surface area contributed by atoms with Crippen LogP contribution in [-0.4, -0.2) is 90.9 Å². The molecule has 0 spiro atoms. The maximum absolute atomic E-state index is 12.8. The van der Waals surface area contributed by atoms with Crippen LogP contribution >= 0.6 is 0 Å². The van der Waals surface area contributed by atoms with Gasteiger partial charge in [-0.15, -0.1) is 15.3 Å². The first-order chi connectivity index (χ1) is 27.2. The van der Waals surface area contributed by atoms with Crippen molar-refractivity contribution in [2.24, 2.45) is 65.0 Å². The summed E-state index contributed by atoms with van der Waals surface area (Å²) >= 11 is 0. The van der Waals surface area contributed by atoms with E-state index < -0.39 is 18.1 Å². The molecule has 302 valence electrons. The highest BCUT2D eigenvalue weighted by atomic mass is 16.2. The summed E-state index contributed by atoms with van der Waals surface area (Å²) in [6, 6.07) is 19.5. The van der Waals surface area contributed by atoms with Crippen molar-refractivity contribution in [1.82, 2.24) is 20.9 Å². The number of urea groups is 3. The predicted molar refractivity (Wildman–Crippen MR) is 226 cm³/mol. The van der Waals surface area contributed by atoms with Gasteiger partial charge in [0.15, 0.2) is 0 Å². The molecule has 0 aromatic heterocycles. The van der Waals surface area contributed by atoms with Crippen LogP contribution in [0.1, 0.15) is 37.5 Å². The maximum Gasteiger partial charge on any atom is 0.320 e. The lowest BCUT2D eigenvalue weighted by molar-refractivity contribution is 0.224. The highest BCUT2D eigenvalue weighted by molar-refractivity contribution is 6.01. The zero-order valence-electron chi connectivity index (χ0n) is 31.8. The summed E-state index contributed by atoms with van der Waals surface area (Å²) in [5.41, 5.74) is 37.6. The van der Waals surface area contributed by atoms with Crippen molar-refractivity contribution in [3.8, 4) is 0 Å². The Labute approximate surface area is 329 Å². The van der Waals surface area contributed by atoms with Gasteiger partial charge in [0.1, 0.15) is 0 Å². The molecule has 3 rings (SSSR count). The molecule has 3 aromatic rings. The van der Waals surface area contributed by atoms with Crippen molar-refractivity contribution >= 4 is 70.2 Å². The van der Waals surface area contributed by atoms with Gasteiger partial charge in [0, 0.05) is 43.2 Å². The molecule has 22 nitrogen and oxygen atoms in total. The van der Waals surface area contributed by atoms with E-state index in [1.54, 1.807) is 93.6 Å². The van der Waals surface area contributed by atoms with E-state index in [-0.39, 0.29) is 37.6 Å². The van der Waals surface area contributed by atoms with Crippen LogP contribution in [0.3, 0.4) is 0 Å². The van der Waals surface area contributed by atoms with Crippen molar-refractivity contribution in [2.45, 2.75) is 20.8 Å². The first-order valence-corrected chi connectivity index (χ1v) is 17.3. The van der Waals surface area contributed by atoms with Crippen molar-refractivity contribution in [1.29, 1.82) is 0 Å². The Balaban J connectivity index is 1.56. The van der Waals surface area contributed by atoms with E-state index in [2.05, 4.69) is 62.5 Å². The second-order valence-electron chi connectivity index (χ2n) is 12.0. The molecule has 0 aliphatic rings. The van der Waals surface area contributed by atoms with Gasteiger partial charge in [0.25, 0.3) is 0 Å². The maximum atomic E-state index is 12.8. The van der Waals surface area contributed by atoms with Crippen LogP contribution < -0.4 is 66.3 Å². The van der Waals surface area contributed by atoms with Gasteiger partial charge in [-0.2, -0.15) is 15.3 Å². The smallest absolute Gasteiger partial charge is 0.320 e. The monoisotopic (exact) mass is 783 g/mol. The summed E-state index contributed by atoms with van der Waals surface area (Å²) in [6.07, 6.45) is 0. The lowest BCUT2D eigenvalue weighted by Crippen LogP contribution is -2.46. The number of carbonyl (C=O) groups excluding carboxylic acids is 3. The Morgan fingerprint density at radius 2 is 0.737 bits per heavy atom. The van der Waals surface area contributed by atoms with Gasteiger partial charge in [0.05, 0.1) is 23.8 Å². The van der Waals surface area contributed by atoms with Crippen molar-refractivity contribution in [3.05, 3.63) is 89.5 Å². The first-order valence-electron chi connectivity index (χ1n) is 17.3. The average Bonchev–Trinajstić information content (AvgIpc) is 3.17. The number of hydrogen-bond acceptors (Lipinski definition) is 10. The number of rotatable bonds is 17. The van der Waals surface area contributed by atoms with Crippen LogP contribution in [-0.2, 0) is 0 Å². The minimum Gasteiger partial charge on any atom is -0.369 e. The SMILES string of the molecule is C/C(=N\N=C(N)N)c1ccc(NC(=O)NCCN(CCNC(=O)Nc2ccc(/C(C)=N/N=C(N)N)cc2)CNC(=O)Nc2ccc(/C(C)=N/N=C(N)N)cc2)cc1. The fraction of sp³-hybridized carbons (Fsp3) is 0.229. The Morgan fingerprint density at radius 3 is 1.02 bits per heavy atom.